The highest BCUT2D eigenvalue weighted by molar-refractivity contribution is 5.92. The van der Waals surface area contributed by atoms with Gasteiger partial charge in [-0.1, -0.05) is 18.2 Å². The molecule has 1 aliphatic heterocycles. The Morgan fingerprint density at radius 3 is 2.70 bits per heavy atom. The molecule has 0 spiro atoms. The van der Waals surface area contributed by atoms with Gasteiger partial charge >= 0.3 is 0 Å². The SMILES string of the molecule is CN(C[C@@H]1COc2ccccc2O1)C(=O)c1cccc(-c2cncnc2)n1. The van der Waals surface area contributed by atoms with Crippen molar-refractivity contribution >= 4 is 5.91 Å². The molecular formula is C20H18N4O3. The van der Waals surface area contributed by atoms with Crippen LogP contribution in [0.4, 0.5) is 0 Å². The molecule has 0 radical (unpaired) electrons. The van der Waals surface area contributed by atoms with Crippen molar-refractivity contribution in [1.29, 1.82) is 0 Å². The third-order valence-corrected chi connectivity index (χ3v) is 4.22. The van der Waals surface area contributed by atoms with E-state index in [1.54, 1.807) is 36.5 Å². The maximum absolute atomic E-state index is 12.8. The number of benzene rings is 1. The normalized spacial score (nSPS) is 15.2. The van der Waals surface area contributed by atoms with Crippen LogP contribution in [-0.4, -0.2) is 52.1 Å². The van der Waals surface area contributed by atoms with E-state index in [2.05, 4.69) is 15.0 Å². The van der Waals surface area contributed by atoms with Crippen LogP contribution < -0.4 is 9.47 Å². The molecule has 0 saturated carbocycles. The van der Waals surface area contributed by atoms with E-state index >= 15 is 0 Å². The van der Waals surface area contributed by atoms with E-state index in [4.69, 9.17) is 9.47 Å². The zero-order valence-electron chi connectivity index (χ0n) is 14.8. The molecule has 0 fully saturated rings. The van der Waals surface area contributed by atoms with Gasteiger partial charge in [0.2, 0.25) is 0 Å². The van der Waals surface area contributed by atoms with Crippen molar-refractivity contribution in [3.8, 4) is 22.8 Å². The molecular weight excluding hydrogens is 344 g/mol. The maximum Gasteiger partial charge on any atom is 0.272 e. The molecule has 1 aliphatic rings. The molecule has 3 heterocycles. The summed E-state index contributed by atoms with van der Waals surface area (Å²) in [5.74, 6) is 1.23. The van der Waals surface area contributed by atoms with E-state index in [0.29, 0.717) is 30.3 Å². The number of aromatic nitrogens is 3. The standard InChI is InChI=1S/C20H18N4O3/c1-24(11-15-12-26-18-7-2-3-8-19(18)27-15)20(25)17-6-4-5-16(23-17)14-9-21-13-22-10-14/h2-10,13,15H,11-12H2,1H3/t15-/m1/s1. The van der Waals surface area contributed by atoms with Crippen LogP contribution in [0.2, 0.25) is 0 Å². The van der Waals surface area contributed by atoms with Crippen LogP contribution in [-0.2, 0) is 0 Å². The summed E-state index contributed by atoms with van der Waals surface area (Å²) in [7, 11) is 1.73. The summed E-state index contributed by atoms with van der Waals surface area (Å²) in [6, 6.07) is 12.8. The van der Waals surface area contributed by atoms with Crippen molar-refractivity contribution in [3.63, 3.8) is 0 Å². The third-order valence-electron chi connectivity index (χ3n) is 4.22. The van der Waals surface area contributed by atoms with E-state index < -0.39 is 0 Å². The second-order valence-electron chi connectivity index (χ2n) is 6.22. The van der Waals surface area contributed by atoms with Crippen LogP contribution in [0.25, 0.3) is 11.3 Å². The number of hydrogen-bond donors (Lipinski definition) is 0. The van der Waals surface area contributed by atoms with Gasteiger partial charge in [0.05, 0.1) is 12.2 Å². The van der Waals surface area contributed by atoms with Crippen molar-refractivity contribution < 1.29 is 14.3 Å². The number of hydrogen-bond acceptors (Lipinski definition) is 6. The van der Waals surface area contributed by atoms with Crippen LogP contribution in [0.5, 0.6) is 11.5 Å². The first kappa shape index (κ1) is 17.0. The van der Waals surface area contributed by atoms with E-state index in [1.165, 1.54) is 6.33 Å². The summed E-state index contributed by atoms with van der Waals surface area (Å²) in [6.45, 7) is 0.789. The fraction of sp³-hybridized carbons (Fsp3) is 0.200. The molecule has 1 amide bonds. The lowest BCUT2D eigenvalue weighted by atomic mass is 10.2. The zero-order valence-corrected chi connectivity index (χ0v) is 14.8. The van der Waals surface area contributed by atoms with E-state index in [0.717, 1.165) is 11.3 Å². The molecule has 0 unspecified atom stereocenters. The molecule has 7 heteroatoms. The minimum absolute atomic E-state index is 0.184. The van der Waals surface area contributed by atoms with Gasteiger partial charge in [0, 0.05) is 25.0 Å². The predicted octanol–water partition coefficient (Wildman–Crippen LogP) is 2.45. The Hall–Kier alpha value is -3.48. The molecule has 2 aromatic heterocycles. The van der Waals surface area contributed by atoms with Gasteiger partial charge in [-0.3, -0.25) is 4.79 Å². The summed E-state index contributed by atoms with van der Waals surface area (Å²) >= 11 is 0. The Morgan fingerprint density at radius 2 is 1.89 bits per heavy atom. The minimum Gasteiger partial charge on any atom is -0.486 e. The Kier molecular flexibility index (Phi) is 4.65. The Labute approximate surface area is 156 Å². The number of nitrogens with zero attached hydrogens (tertiary/aromatic N) is 4. The highest BCUT2D eigenvalue weighted by Gasteiger charge is 2.24. The van der Waals surface area contributed by atoms with Gasteiger partial charge in [-0.05, 0) is 24.3 Å². The molecule has 27 heavy (non-hydrogen) atoms. The minimum atomic E-state index is -0.237. The van der Waals surface area contributed by atoms with Crippen molar-refractivity contribution in [2.24, 2.45) is 0 Å². The van der Waals surface area contributed by atoms with E-state index in [9.17, 15) is 4.79 Å². The number of fused-ring (bicyclic) bond motifs is 1. The summed E-state index contributed by atoms with van der Waals surface area (Å²) in [5, 5.41) is 0. The number of carbonyl (C=O) groups is 1. The largest absolute Gasteiger partial charge is 0.486 e. The Morgan fingerprint density at radius 1 is 1.11 bits per heavy atom. The summed E-state index contributed by atoms with van der Waals surface area (Å²) in [6.07, 6.45) is 4.55. The lowest BCUT2D eigenvalue weighted by Crippen LogP contribution is -2.42. The first-order valence-corrected chi connectivity index (χ1v) is 8.57. The molecule has 0 N–H and O–H groups in total. The van der Waals surface area contributed by atoms with Gasteiger partial charge < -0.3 is 14.4 Å². The average Bonchev–Trinajstić information content (AvgIpc) is 2.74. The van der Waals surface area contributed by atoms with Crippen molar-refractivity contribution in [1.82, 2.24) is 19.9 Å². The number of para-hydroxylation sites is 2. The topological polar surface area (TPSA) is 77.4 Å². The van der Waals surface area contributed by atoms with Crippen LogP contribution in [0.1, 0.15) is 10.5 Å². The lowest BCUT2D eigenvalue weighted by molar-refractivity contribution is 0.0517. The Bertz CT molecular complexity index is 949. The van der Waals surface area contributed by atoms with Crippen LogP contribution in [0.15, 0.2) is 61.2 Å². The highest BCUT2D eigenvalue weighted by Crippen LogP contribution is 2.31. The van der Waals surface area contributed by atoms with Gasteiger partial charge in [0.25, 0.3) is 5.91 Å². The number of ether oxygens (including phenoxy) is 2. The van der Waals surface area contributed by atoms with Crippen molar-refractivity contribution in [2.45, 2.75) is 6.10 Å². The monoisotopic (exact) mass is 362 g/mol. The first-order chi connectivity index (χ1) is 13.2. The zero-order chi connectivity index (χ0) is 18.6. The second kappa shape index (κ2) is 7.41. The Balaban J connectivity index is 1.45. The molecule has 1 atom stereocenters. The van der Waals surface area contributed by atoms with Gasteiger partial charge in [-0.15, -0.1) is 0 Å². The van der Waals surface area contributed by atoms with Crippen LogP contribution in [0.3, 0.4) is 0 Å². The molecule has 1 aromatic carbocycles. The van der Waals surface area contributed by atoms with Gasteiger partial charge in [-0.2, -0.15) is 0 Å². The summed E-state index contributed by atoms with van der Waals surface area (Å²) in [4.78, 5) is 26.8. The molecule has 0 saturated heterocycles. The fourth-order valence-electron chi connectivity index (χ4n) is 2.88. The lowest BCUT2D eigenvalue weighted by Gasteiger charge is -2.29. The van der Waals surface area contributed by atoms with Crippen LogP contribution >= 0.6 is 0 Å². The number of carbonyl (C=O) groups excluding carboxylic acids is 1. The van der Waals surface area contributed by atoms with Crippen LogP contribution in [0, 0.1) is 0 Å². The molecule has 0 bridgehead atoms. The summed E-state index contributed by atoms with van der Waals surface area (Å²) < 4.78 is 11.6. The molecule has 7 nitrogen and oxygen atoms in total. The molecule has 4 rings (SSSR count). The quantitative estimate of drug-likeness (QED) is 0.709. The number of rotatable bonds is 4. The van der Waals surface area contributed by atoms with Gasteiger partial charge in [0.15, 0.2) is 17.6 Å². The number of pyridine rings is 1. The summed E-state index contributed by atoms with van der Waals surface area (Å²) in [5.41, 5.74) is 1.77. The maximum atomic E-state index is 12.8. The smallest absolute Gasteiger partial charge is 0.272 e. The third kappa shape index (κ3) is 3.72. The second-order valence-corrected chi connectivity index (χ2v) is 6.22. The van der Waals surface area contributed by atoms with Crippen molar-refractivity contribution in [2.75, 3.05) is 20.2 Å². The first-order valence-electron chi connectivity index (χ1n) is 8.57. The highest BCUT2D eigenvalue weighted by atomic mass is 16.6. The van der Waals surface area contributed by atoms with Gasteiger partial charge in [0.1, 0.15) is 18.6 Å². The molecule has 0 aliphatic carbocycles. The molecule has 136 valence electrons. The van der Waals surface area contributed by atoms with Crippen molar-refractivity contribution in [3.05, 3.63) is 66.9 Å². The number of amides is 1. The van der Waals surface area contributed by atoms with Gasteiger partial charge in [-0.25, -0.2) is 15.0 Å². The van der Waals surface area contributed by atoms with E-state index in [1.807, 2.05) is 30.3 Å². The fourth-order valence-corrected chi connectivity index (χ4v) is 2.88. The molecule has 3 aromatic rings. The number of likely N-dealkylation sites (N-methyl/N-ethyl adjacent to an activating group) is 1. The van der Waals surface area contributed by atoms with E-state index in [-0.39, 0.29) is 12.0 Å². The average molecular weight is 362 g/mol. The predicted molar refractivity (Wildman–Crippen MR) is 98.6 cm³/mol.